The minimum Gasteiger partial charge on any atom is -0.340 e. The summed E-state index contributed by atoms with van der Waals surface area (Å²) < 4.78 is 13.5. The normalized spacial score (nSPS) is 16.0. The molecule has 0 saturated carbocycles. The maximum atomic E-state index is 12.0. The molecule has 0 aliphatic carbocycles. The first kappa shape index (κ1) is 15.9. The van der Waals surface area contributed by atoms with Gasteiger partial charge in [0.15, 0.2) is 5.65 Å². The summed E-state index contributed by atoms with van der Waals surface area (Å²) in [5.41, 5.74) is 3.51. The average molecular weight is 360 g/mol. The number of H-pyrrole nitrogens is 1. The molecule has 0 atom stereocenters. The first-order valence-electron chi connectivity index (χ1n) is 8.64. The fourth-order valence-corrected chi connectivity index (χ4v) is 3.57. The van der Waals surface area contributed by atoms with Crippen LogP contribution in [0.3, 0.4) is 0 Å². The molecule has 7 nitrogen and oxygen atoms in total. The molecule has 7 heteroatoms. The number of hydrogen-bond donors (Lipinski definition) is 1. The maximum Gasteiger partial charge on any atom is 0.349 e. The molecule has 0 spiro atoms. The molecular formula is C20H16N4O3. The molecule has 0 radical (unpaired) electrons. The summed E-state index contributed by atoms with van der Waals surface area (Å²) in [7, 11) is 0. The van der Waals surface area contributed by atoms with Crippen molar-refractivity contribution < 1.29 is 9.47 Å². The highest BCUT2D eigenvalue weighted by atomic mass is 16.7. The molecule has 5 rings (SSSR count). The third kappa shape index (κ3) is 2.40. The van der Waals surface area contributed by atoms with Crippen molar-refractivity contribution in [2.24, 2.45) is 0 Å². The maximum absolute atomic E-state index is 12.0. The third-order valence-corrected chi connectivity index (χ3v) is 4.73. The first-order valence-corrected chi connectivity index (χ1v) is 8.64. The van der Waals surface area contributed by atoms with E-state index in [1.807, 2.05) is 54.6 Å². The molecule has 1 N–H and O–H groups in total. The number of benzene rings is 2. The number of hydrogen-bond acceptors (Lipinski definition) is 5. The second kappa shape index (κ2) is 6.15. The van der Waals surface area contributed by atoms with E-state index in [4.69, 9.17) is 9.47 Å². The van der Waals surface area contributed by atoms with Crippen LogP contribution in [0.4, 0.5) is 0 Å². The number of aromatic nitrogens is 4. The zero-order valence-corrected chi connectivity index (χ0v) is 14.3. The number of nitrogens with zero attached hydrogens (tertiary/aromatic N) is 3. The Morgan fingerprint density at radius 2 is 1.70 bits per heavy atom. The highest BCUT2D eigenvalue weighted by Crippen LogP contribution is 2.43. The number of ether oxygens (including phenoxy) is 2. The van der Waals surface area contributed by atoms with Crippen LogP contribution in [0.1, 0.15) is 11.1 Å². The zero-order valence-electron chi connectivity index (χ0n) is 14.3. The summed E-state index contributed by atoms with van der Waals surface area (Å²) in [5.74, 6) is -1.01. The summed E-state index contributed by atoms with van der Waals surface area (Å²) in [6.45, 7) is 0.992. The second-order valence-corrected chi connectivity index (χ2v) is 6.23. The van der Waals surface area contributed by atoms with E-state index in [1.165, 1.54) is 10.8 Å². The Bertz CT molecular complexity index is 1160. The second-order valence-electron chi connectivity index (χ2n) is 6.23. The van der Waals surface area contributed by atoms with Crippen molar-refractivity contribution in [1.82, 2.24) is 19.6 Å². The highest BCUT2D eigenvalue weighted by molar-refractivity contribution is 5.80. The number of rotatable bonds is 3. The van der Waals surface area contributed by atoms with Gasteiger partial charge < -0.3 is 9.47 Å². The van der Waals surface area contributed by atoms with E-state index in [0.29, 0.717) is 18.9 Å². The van der Waals surface area contributed by atoms with Gasteiger partial charge in [0.25, 0.3) is 0 Å². The quantitative estimate of drug-likeness (QED) is 0.606. The molecular weight excluding hydrogens is 344 g/mol. The molecule has 0 amide bonds. The Morgan fingerprint density at radius 3 is 2.52 bits per heavy atom. The molecule has 1 saturated heterocycles. The summed E-state index contributed by atoms with van der Waals surface area (Å²) in [5, 5.41) is 4.19. The molecule has 3 heterocycles. The SMILES string of the molecule is O=c1[nH]cnc2c(-c3ccccc3C3(c4ccccc4)OCCO3)cnn12. The van der Waals surface area contributed by atoms with Crippen LogP contribution in [0.2, 0.25) is 0 Å². The lowest BCUT2D eigenvalue weighted by atomic mass is 9.90. The molecule has 2 aromatic carbocycles. The monoisotopic (exact) mass is 360 g/mol. The van der Waals surface area contributed by atoms with Crippen molar-refractivity contribution in [2.45, 2.75) is 5.79 Å². The van der Waals surface area contributed by atoms with Crippen molar-refractivity contribution in [3.05, 3.63) is 88.7 Å². The largest absolute Gasteiger partial charge is 0.349 e. The van der Waals surface area contributed by atoms with Crippen LogP contribution in [-0.2, 0) is 15.3 Å². The fraction of sp³-hybridized carbons (Fsp3) is 0.150. The first-order chi connectivity index (χ1) is 13.3. The van der Waals surface area contributed by atoms with E-state index in [0.717, 1.165) is 22.3 Å². The predicted molar refractivity (Wildman–Crippen MR) is 98.2 cm³/mol. The standard InChI is InChI=1S/C20H16N4O3/c25-19-22-13-21-18-16(12-23-24(18)19)15-8-4-5-9-17(15)20(26-10-11-27-20)14-6-2-1-3-7-14/h1-9,12-13H,10-11H2,(H,21,22,25). The van der Waals surface area contributed by atoms with Crippen LogP contribution in [0.25, 0.3) is 16.8 Å². The fourth-order valence-electron chi connectivity index (χ4n) is 3.57. The summed E-state index contributed by atoms with van der Waals surface area (Å²) in [6, 6.07) is 17.7. The molecule has 1 aliphatic heterocycles. The molecule has 134 valence electrons. The van der Waals surface area contributed by atoms with Crippen LogP contribution < -0.4 is 5.69 Å². The topological polar surface area (TPSA) is 81.5 Å². The van der Waals surface area contributed by atoms with Gasteiger partial charge in [0.2, 0.25) is 5.79 Å². The molecule has 2 aromatic heterocycles. The van der Waals surface area contributed by atoms with E-state index in [-0.39, 0.29) is 5.69 Å². The predicted octanol–water partition coefficient (Wildman–Crippen LogP) is 2.33. The van der Waals surface area contributed by atoms with Crippen molar-refractivity contribution in [2.75, 3.05) is 13.2 Å². The van der Waals surface area contributed by atoms with E-state index < -0.39 is 5.79 Å². The third-order valence-electron chi connectivity index (χ3n) is 4.73. The van der Waals surface area contributed by atoms with E-state index in [9.17, 15) is 4.79 Å². The van der Waals surface area contributed by atoms with Gasteiger partial charge in [-0.2, -0.15) is 9.61 Å². The van der Waals surface area contributed by atoms with Gasteiger partial charge in [0, 0.05) is 16.7 Å². The van der Waals surface area contributed by atoms with Gasteiger partial charge >= 0.3 is 5.69 Å². The molecule has 4 aromatic rings. The van der Waals surface area contributed by atoms with Crippen LogP contribution in [0.5, 0.6) is 0 Å². The van der Waals surface area contributed by atoms with E-state index >= 15 is 0 Å². The smallest absolute Gasteiger partial charge is 0.340 e. The summed E-state index contributed by atoms with van der Waals surface area (Å²) in [6.07, 6.45) is 3.02. The Balaban J connectivity index is 1.77. The Labute approximate surface area is 154 Å². The van der Waals surface area contributed by atoms with Crippen LogP contribution >= 0.6 is 0 Å². The van der Waals surface area contributed by atoms with Gasteiger partial charge in [-0.05, 0) is 5.56 Å². The minimum absolute atomic E-state index is 0.338. The molecule has 27 heavy (non-hydrogen) atoms. The summed E-state index contributed by atoms with van der Waals surface area (Å²) >= 11 is 0. The number of aromatic amines is 1. The Kier molecular flexibility index (Phi) is 3.63. The zero-order chi connectivity index (χ0) is 18.3. The van der Waals surface area contributed by atoms with Crippen molar-refractivity contribution in [3.63, 3.8) is 0 Å². The molecule has 0 bridgehead atoms. The minimum atomic E-state index is -1.01. The molecule has 1 aliphatic rings. The van der Waals surface area contributed by atoms with Gasteiger partial charge in [-0.15, -0.1) is 0 Å². The van der Waals surface area contributed by atoms with Crippen molar-refractivity contribution in [1.29, 1.82) is 0 Å². The van der Waals surface area contributed by atoms with Gasteiger partial charge in [-0.25, -0.2) is 9.78 Å². The highest BCUT2D eigenvalue weighted by Gasteiger charge is 2.42. The summed E-state index contributed by atoms with van der Waals surface area (Å²) in [4.78, 5) is 18.8. The Hall–Kier alpha value is -3.29. The van der Waals surface area contributed by atoms with Gasteiger partial charge in [0.1, 0.15) is 0 Å². The van der Waals surface area contributed by atoms with E-state index in [2.05, 4.69) is 15.1 Å². The lowest BCUT2D eigenvalue weighted by Gasteiger charge is -2.30. The van der Waals surface area contributed by atoms with Gasteiger partial charge in [-0.3, -0.25) is 4.98 Å². The van der Waals surface area contributed by atoms with Crippen LogP contribution in [0, 0.1) is 0 Å². The lowest BCUT2D eigenvalue weighted by Crippen LogP contribution is -2.29. The lowest BCUT2D eigenvalue weighted by molar-refractivity contribution is -0.129. The number of fused-ring (bicyclic) bond motifs is 1. The average Bonchev–Trinajstić information content (AvgIpc) is 3.38. The Morgan fingerprint density at radius 1 is 0.963 bits per heavy atom. The van der Waals surface area contributed by atoms with Crippen LogP contribution in [-0.4, -0.2) is 32.8 Å². The van der Waals surface area contributed by atoms with Gasteiger partial charge in [0.05, 0.1) is 25.7 Å². The van der Waals surface area contributed by atoms with E-state index in [1.54, 1.807) is 6.20 Å². The molecule has 0 unspecified atom stereocenters. The molecule has 1 fully saturated rings. The van der Waals surface area contributed by atoms with Crippen molar-refractivity contribution in [3.8, 4) is 11.1 Å². The van der Waals surface area contributed by atoms with Crippen molar-refractivity contribution >= 4 is 5.65 Å². The number of nitrogens with one attached hydrogen (secondary N) is 1. The van der Waals surface area contributed by atoms with Gasteiger partial charge in [-0.1, -0.05) is 54.6 Å². The van der Waals surface area contributed by atoms with Crippen LogP contribution in [0.15, 0.2) is 71.9 Å².